The predicted octanol–water partition coefficient (Wildman–Crippen LogP) is 5.63. The van der Waals surface area contributed by atoms with E-state index < -0.39 is 0 Å². The van der Waals surface area contributed by atoms with Gasteiger partial charge in [0.25, 0.3) is 0 Å². The van der Waals surface area contributed by atoms with Gasteiger partial charge in [0, 0.05) is 28.6 Å². The molecular weight excluding hydrogens is 296 g/mol. The summed E-state index contributed by atoms with van der Waals surface area (Å²) < 4.78 is 0. The van der Waals surface area contributed by atoms with E-state index in [0.29, 0.717) is 0 Å². The second kappa shape index (κ2) is 8.70. The van der Waals surface area contributed by atoms with Crippen molar-refractivity contribution in [1.82, 2.24) is 0 Å². The number of benzene rings is 2. The highest BCUT2D eigenvalue weighted by Crippen LogP contribution is 2.27. The molecule has 0 amide bonds. The summed E-state index contributed by atoms with van der Waals surface area (Å²) in [5.74, 6) is 0. The van der Waals surface area contributed by atoms with Crippen LogP contribution in [0.5, 0.6) is 0 Å². The monoisotopic (exact) mass is 314 g/mol. The lowest BCUT2D eigenvalue weighted by molar-refractivity contribution is 1.36. The maximum atomic E-state index is 4.51. The van der Waals surface area contributed by atoms with Crippen molar-refractivity contribution in [2.45, 2.75) is 16.2 Å². The van der Waals surface area contributed by atoms with Crippen molar-refractivity contribution >= 4 is 47.3 Å². The van der Waals surface area contributed by atoms with Gasteiger partial charge in [-0.15, -0.1) is 23.5 Å². The van der Waals surface area contributed by atoms with Crippen LogP contribution in [-0.2, 0) is 0 Å². The minimum atomic E-state index is 0.728. The highest BCUT2D eigenvalue weighted by molar-refractivity contribution is 7.99. The number of nitrogens with zero attached hydrogens (tertiary/aromatic N) is 2. The summed E-state index contributed by atoms with van der Waals surface area (Å²) in [6, 6.07) is 16.3. The van der Waals surface area contributed by atoms with Crippen molar-refractivity contribution in [3.05, 3.63) is 48.5 Å². The summed E-state index contributed by atoms with van der Waals surface area (Å²) in [6.45, 7) is 0. The number of rotatable bonds is 6. The van der Waals surface area contributed by atoms with Crippen molar-refractivity contribution in [1.29, 1.82) is 0 Å². The second-order valence-electron chi connectivity index (χ2n) is 4.20. The first-order chi connectivity index (χ1) is 10.3. The lowest BCUT2D eigenvalue weighted by Gasteiger charge is -2.01. The molecule has 0 spiro atoms. The first-order valence-electron chi connectivity index (χ1n) is 6.66. The van der Waals surface area contributed by atoms with E-state index in [9.17, 15) is 0 Å². The van der Waals surface area contributed by atoms with Crippen LogP contribution in [-0.4, -0.2) is 24.9 Å². The van der Waals surface area contributed by atoms with Crippen LogP contribution < -0.4 is 0 Å². The first-order valence-corrected chi connectivity index (χ1v) is 9.11. The van der Waals surface area contributed by atoms with Crippen LogP contribution in [0.2, 0.25) is 0 Å². The summed E-state index contributed by atoms with van der Waals surface area (Å²) in [6.07, 6.45) is 8.66. The Bertz CT molecular complexity index is 581. The van der Waals surface area contributed by atoms with Gasteiger partial charge in [-0.3, -0.25) is 9.98 Å². The molecule has 0 aromatic heterocycles. The highest BCUT2D eigenvalue weighted by Gasteiger charge is 1.97. The van der Waals surface area contributed by atoms with Crippen LogP contribution in [0.4, 0.5) is 11.4 Å². The zero-order valence-electron chi connectivity index (χ0n) is 12.2. The number of hydrogen-bond donors (Lipinski definition) is 0. The number of thioether (sulfide) groups is 2. The Labute approximate surface area is 134 Å². The van der Waals surface area contributed by atoms with Gasteiger partial charge in [-0.05, 0) is 36.8 Å². The van der Waals surface area contributed by atoms with Gasteiger partial charge < -0.3 is 0 Å². The second-order valence-corrected chi connectivity index (χ2v) is 5.90. The van der Waals surface area contributed by atoms with Gasteiger partial charge >= 0.3 is 0 Å². The molecule has 0 aliphatic rings. The summed E-state index contributed by atoms with van der Waals surface area (Å²) in [5, 5.41) is 0. The predicted molar refractivity (Wildman–Crippen MR) is 97.4 cm³/mol. The molecule has 2 nitrogen and oxygen atoms in total. The molecule has 0 unspecified atom stereocenters. The van der Waals surface area contributed by atoms with Crippen molar-refractivity contribution in [2.75, 3.05) is 12.5 Å². The van der Waals surface area contributed by atoms with Gasteiger partial charge in [-0.2, -0.15) is 0 Å². The van der Waals surface area contributed by atoms with Gasteiger partial charge in [-0.1, -0.05) is 24.3 Å². The average Bonchev–Trinajstić information content (AvgIpc) is 2.55. The molecule has 0 aliphatic carbocycles. The molecule has 0 atom stereocenters. The zero-order valence-corrected chi connectivity index (χ0v) is 13.8. The molecular formula is C17H18N2S2. The summed E-state index contributed by atoms with van der Waals surface area (Å²) >= 11 is 3.42. The van der Waals surface area contributed by atoms with E-state index in [-0.39, 0.29) is 0 Å². The molecule has 0 saturated heterocycles. The number of hydrogen-bond acceptors (Lipinski definition) is 4. The maximum absolute atomic E-state index is 4.51. The third kappa shape index (κ3) is 4.76. The van der Waals surface area contributed by atoms with Gasteiger partial charge in [0.05, 0.1) is 11.4 Å². The lowest BCUT2D eigenvalue weighted by atomic mass is 10.3. The summed E-state index contributed by atoms with van der Waals surface area (Å²) in [7, 11) is 0. The molecule has 0 heterocycles. The largest absolute Gasteiger partial charge is 0.260 e. The lowest BCUT2D eigenvalue weighted by Crippen LogP contribution is -1.79. The smallest absolute Gasteiger partial charge is 0.0761 e. The maximum Gasteiger partial charge on any atom is 0.0761 e. The standard InChI is InChI=1S/C17H18N2S2/c1-20-16-10-5-3-8-14(16)18-12-7-13-19-15-9-4-6-11-17(15)21-2/h3-6,8-13H,7H2,1-2H3. The van der Waals surface area contributed by atoms with Crippen molar-refractivity contribution in [3.63, 3.8) is 0 Å². The molecule has 21 heavy (non-hydrogen) atoms. The molecule has 0 aliphatic heterocycles. The highest BCUT2D eigenvalue weighted by atomic mass is 32.2. The van der Waals surface area contributed by atoms with Crippen molar-refractivity contribution in [2.24, 2.45) is 9.98 Å². The van der Waals surface area contributed by atoms with Gasteiger partial charge in [0.15, 0.2) is 0 Å². The van der Waals surface area contributed by atoms with E-state index in [2.05, 4.69) is 34.6 Å². The van der Waals surface area contributed by atoms with E-state index in [0.717, 1.165) is 17.8 Å². The zero-order chi connectivity index (χ0) is 14.9. The van der Waals surface area contributed by atoms with E-state index in [1.807, 2.05) is 48.8 Å². The molecule has 0 radical (unpaired) electrons. The third-order valence-electron chi connectivity index (χ3n) is 2.84. The fraction of sp³-hybridized carbons (Fsp3) is 0.176. The van der Waals surface area contributed by atoms with Crippen LogP contribution >= 0.6 is 23.5 Å². The topological polar surface area (TPSA) is 24.7 Å². The minimum absolute atomic E-state index is 0.728. The van der Waals surface area contributed by atoms with E-state index >= 15 is 0 Å². The number of para-hydroxylation sites is 2. The number of aliphatic imine (C=N–C) groups is 2. The average molecular weight is 314 g/mol. The fourth-order valence-corrected chi connectivity index (χ4v) is 2.91. The Hall–Kier alpha value is -1.52. The molecule has 2 rings (SSSR count). The molecule has 0 bridgehead atoms. The van der Waals surface area contributed by atoms with Crippen LogP contribution in [0.15, 0.2) is 68.3 Å². The van der Waals surface area contributed by atoms with Gasteiger partial charge in [-0.25, -0.2) is 0 Å². The molecule has 2 aromatic rings. The molecule has 4 heteroatoms. The summed E-state index contributed by atoms with van der Waals surface area (Å²) in [5.41, 5.74) is 2.03. The van der Waals surface area contributed by atoms with Gasteiger partial charge in [0.2, 0.25) is 0 Å². The Morgan fingerprint density at radius 3 is 1.62 bits per heavy atom. The van der Waals surface area contributed by atoms with Crippen molar-refractivity contribution < 1.29 is 0 Å². The van der Waals surface area contributed by atoms with E-state index in [4.69, 9.17) is 0 Å². The molecule has 0 N–H and O–H groups in total. The quantitative estimate of drug-likeness (QED) is 0.510. The molecule has 0 fully saturated rings. The molecule has 2 aromatic carbocycles. The minimum Gasteiger partial charge on any atom is -0.260 e. The molecule has 0 saturated carbocycles. The Balaban J connectivity index is 1.97. The Morgan fingerprint density at radius 1 is 0.762 bits per heavy atom. The Morgan fingerprint density at radius 2 is 1.19 bits per heavy atom. The Kier molecular flexibility index (Phi) is 6.57. The van der Waals surface area contributed by atoms with E-state index in [1.54, 1.807) is 23.5 Å². The van der Waals surface area contributed by atoms with E-state index in [1.165, 1.54) is 9.79 Å². The van der Waals surface area contributed by atoms with Gasteiger partial charge in [0.1, 0.15) is 0 Å². The van der Waals surface area contributed by atoms with Crippen molar-refractivity contribution in [3.8, 4) is 0 Å². The van der Waals surface area contributed by atoms with Crippen LogP contribution in [0.1, 0.15) is 6.42 Å². The third-order valence-corrected chi connectivity index (χ3v) is 4.41. The summed E-state index contributed by atoms with van der Waals surface area (Å²) in [4.78, 5) is 11.4. The van der Waals surface area contributed by atoms with Crippen LogP contribution in [0.25, 0.3) is 0 Å². The molecule has 108 valence electrons. The normalized spacial score (nSPS) is 11.5. The van der Waals surface area contributed by atoms with Crippen LogP contribution in [0, 0.1) is 0 Å². The SMILES string of the molecule is CSc1ccccc1N=CCC=Nc1ccccc1SC. The van der Waals surface area contributed by atoms with Crippen LogP contribution in [0.3, 0.4) is 0 Å². The first kappa shape index (κ1) is 15.9. The fourth-order valence-electron chi connectivity index (χ4n) is 1.82.